The highest BCUT2D eigenvalue weighted by Crippen LogP contribution is 2.46. The van der Waals surface area contributed by atoms with Crippen molar-refractivity contribution in [3.05, 3.63) is 56.8 Å². The number of methoxy groups -OCH3 is 3. The molecule has 1 aromatic heterocycles. The third kappa shape index (κ3) is 4.93. The Labute approximate surface area is 206 Å². The molecule has 0 unspecified atom stereocenters. The minimum absolute atomic E-state index is 0.0307. The molecule has 2 aromatic rings. The zero-order valence-electron chi connectivity index (χ0n) is 21.3. The summed E-state index contributed by atoms with van der Waals surface area (Å²) < 4.78 is 24.0. The van der Waals surface area contributed by atoms with Crippen LogP contribution in [0.3, 0.4) is 0 Å². The van der Waals surface area contributed by atoms with Crippen LogP contribution < -0.4 is 30.2 Å². The average Bonchev–Trinajstić information content (AvgIpc) is 2.86. The first-order valence-corrected chi connectivity index (χ1v) is 11.7. The minimum atomic E-state index is -0.750. The molecule has 0 aliphatic carbocycles. The lowest BCUT2D eigenvalue weighted by Crippen LogP contribution is -2.33. The maximum Gasteiger partial charge on any atom is 0.258 e. The van der Waals surface area contributed by atoms with E-state index < -0.39 is 5.92 Å². The second-order valence-corrected chi connectivity index (χ2v) is 8.28. The second-order valence-electron chi connectivity index (χ2n) is 8.28. The van der Waals surface area contributed by atoms with Crippen molar-refractivity contribution >= 4 is 0 Å². The number of benzene rings is 1. The van der Waals surface area contributed by atoms with Crippen LogP contribution in [0.15, 0.2) is 34.4 Å². The molecule has 1 atom stereocenters. The van der Waals surface area contributed by atoms with Crippen LogP contribution in [0.5, 0.6) is 23.0 Å². The fourth-order valence-corrected chi connectivity index (χ4v) is 4.56. The van der Waals surface area contributed by atoms with Crippen LogP contribution >= 0.6 is 0 Å². The molecular formula is C26H34N4O5. The molecule has 0 saturated carbocycles. The lowest BCUT2D eigenvalue weighted by Gasteiger charge is -2.28. The standard InChI is InChI=1S/C26H34N4O5/c1-7-29(8-2)10-9-11-30-16(3)12-19-23(26(30)31)22(18(15-27)25(28)35-19)17-13-20(32-4)24(34-6)21(14-17)33-5/h12-14,22H,7-11,28H2,1-6H3/t22-/m0/s1. The molecule has 0 amide bonds. The molecule has 9 heteroatoms. The third-order valence-electron chi connectivity index (χ3n) is 6.46. The summed E-state index contributed by atoms with van der Waals surface area (Å²) in [5, 5.41) is 9.97. The zero-order chi connectivity index (χ0) is 25.7. The smallest absolute Gasteiger partial charge is 0.258 e. The van der Waals surface area contributed by atoms with Gasteiger partial charge in [0.25, 0.3) is 5.56 Å². The number of nitrogens with two attached hydrogens (primary N) is 1. The van der Waals surface area contributed by atoms with Gasteiger partial charge < -0.3 is 34.1 Å². The fraction of sp³-hybridized carbons (Fsp3) is 0.462. The van der Waals surface area contributed by atoms with Crippen LogP contribution in [0.2, 0.25) is 0 Å². The Morgan fingerprint density at radius 1 is 1.11 bits per heavy atom. The van der Waals surface area contributed by atoms with Gasteiger partial charge in [0.15, 0.2) is 11.5 Å². The van der Waals surface area contributed by atoms with Gasteiger partial charge in [-0.15, -0.1) is 0 Å². The van der Waals surface area contributed by atoms with Crippen LogP contribution in [0, 0.1) is 18.3 Å². The van der Waals surface area contributed by atoms with Crippen molar-refractivity contribution in [1.82, 2.24) is 9.47 Å². The highest BCUT2D eigenvalue weighted by atomic mass is 16.5. The first kappa shape index (κ1) is 26.0. The lowest BCUT2D eigenvalue weighted by molar-refractivity contribution is 0.292. The van der Waals surface area contributed by atoms with E-state index in [0.717, 1.165) is 31.7 Å². The molecule has 0 bridgehead atoms. The number of nitrogens with zero attached hydrogens (tertiary/aromatic N) is 3. The topological polar surface area (TPSA) is 112 Å². The number of hydrogen-bond acceptors (Lipinski definition) is 8. The van der Waals surface area contributed by atoms with E-state index in [0.29, 0.717) is 40.7 Å². The highest BCUT2D eigenvalue weighted by molar-refractivity contribution is 5.61. The largest absolute Gasteiger partial charge is 0.493 e. The molecule has 1 aromatic carbocycles. The van der Waals surface area contributed by atoms with E-state index in [1.165, 1.54) is 21.3 Å². The molecule has 9 nitrogen and oxygen atoms in total. The Bertz CT molecular complexity index is 1180. The Hall–Kier alpha value is -3.64. The van der Waals surface area contributed by atoms with Gasteiger partial charge in [-0.2, -0.15) is 5.26 Å². The number of aromatic nitrogens is 1. The van der Waals surface area contributed by atoms with E-state index >= 15 is 0 Å². The number of nitriles is 1. The Morgan fingerprint density at radius 2 is 1.74 bits per heavy atom. The van der Waals surface area contributed by atoms with E-state index in [2.05, 4.69) is 24.8 Å². The molecule has 2 N–H and O–H groups in total. The van der Waals surface area contributed by atoms with E-state index in [9.17, 15) is 10.1 Å². The fourth-order valence-electron chi connectivity index (χ4n) is 4.56. The Kier molecular flexibility index (Phi) is 8.30. The van der Waals surface area contributed by atoms with Gasteiger partial charge in [0.1, 0.15) is 17.4 Å². The van der Waals surface area contributed by atoms with Crippen LogP contribution in [0.1, 0.15) is 43.0 Å². The molecule has 2 heterocycles. The maximum absolute atomic E-state index is 13.8. The van der Waals surface area contributed by atoms with E-state index in [-0.39, 0.29) is 17.0 Å². The predicted octanol–water partition coefficient (Wildman–Crippen LogP) is 3.13. The van der Waals surface area contributed by atoms with Gasteiger partial charge in [0.2, 0.25) is 11.6 Å². The van der Waals surface area contributed by atoms with Crippen molar-refractivity contribution < 1.29 is 18.9 Å². The van der Waals surface area contributed by atoms with Gasteiger partial charge in [0.05, 0.1) is 32.8 Å². The molecule has 0 fully saturated rings. The van der Waals surface area contributed by atoms with Crippen LogP contribution in [0.25, 0.3) is 0 Å². The van der Waals surface area contributed by atoms with E-state index in [1.807, 2.05) is 6.92 Å². The first-order chi connectivity index (χ1) is 16.8. The maximum atomic E-state index is 13.8. The summed E-state index contributed by atoms with van der Waals surface area (Å²) in [6.07, 6.45) is 0.819. The SMILES string of the molecule is CCN(CC)CCCn1c(C)cc2c(c1=O)[C@@H](c1cc(OC)c(OC)c(OC)c1)C(C#N)=C(N)O2. The number of hydrogen-bond donors (Lipinski definition) is 1. The van der Waals surface area contributed by atoms with Gasteiger partial charge in [-0.25, -0.2) is 0 Å². The first-order valence-electron chi connectivity index (χ1n) is 11.7. The summed E-state index contributed by atoms with van der Waals surface area (Å²) in [6, 6.07) is 7.41. The Morgan fingerprint density at radius 3 is 2.26 bits per heavy atom. The molecule has 0 saturated heterocycles. The summed E-state index contributed by atoms with van der Waals surface area (Å²) in [4.78, 5) is 16.2. The Balaban J connectivity index is 2.18. The second kappa shape index (κ2) is 11.2. The van der Waals surface area contributed by atoms with Crippen molar-refractivity contribution in [3.63, 3.8) is 0 Å². The molecule has 0 radical (unpaired) electrons. The third-order valence-corrected chi connectivity index (χ3v) is 6.46. The normalized spacial score (nSPS) is 14.9. The summed E-state index contributed by atoms with van der Waals surface area (Å²) in [6.45, 7) is 9.48. The number of aryl methyl sites for hydroxylation is 1. The van der Waals surface area contributed by atoms with Gasteiger partial charge in [0, 0.05) is 18.3 Å². The number of rotatable bonds is 10. The summed E-state index contributed by atoms with van der Waals surface area (Å²) in [5.41, 5.74) is 7.83. The van der Waals surface area contributed by atoms with E-state index in [4.69, 9.17) is 24.7 Å². The summed E-state index contributed by atoms with van der Waals surface area (Å²) >= 11 is 0. The van der Waals surface area contributed by atoms with Crippen molar-refractivity contribution in [2.24, 2.45) is 5.73 Å². The molecule has 35 heavy (non-hydrogen) atoms. The molecule has 3 rings (SSSR count). The van der Waals surface area contributed by atoms with Crippen LogP contribution in [-0.4, -0.2) is 50.4 Å². The zero-order valence-corrected chi connectivity index (χ0v) is 21.3. The number of fused-ring (bicyclic) bond motifs is 1. The number of allylic oxidation sites excluding steroid dienone is 1. The van der Waals surface area contributed by atoms with Crippen LogP contribution in [0.4, 0.5) is 0 Å². The van der Waals surface area contributed by atoms with Crippen molar-refractivity contribution in [2.45, 2.75) is 39.7 Å². The molecule has 1 aliphatic rings. The minimum Gasteiger partial charge on any atom is -0.493 e. The van der Waals surface area contributed by atoms with Crippen molar-refractivity contribution in [1.29, 1.82) is 5.26 Å². The van der Waals surface area contributed by atoms with Crippen molar-refractivity contribution in [2.75, 3.05) is 41.0 Å². The highest BCUT2D eigenvalue weighted by Gasteiger charge is 2.35. The molecule has 188 valence electrons. The quantitative estimate of drug-likeness (QED) is 0.550. The molecular weight excluding hydrogens is 448 g/mol. The van der Waals surface area contributed by atoms with Crippen LogP contribution in [-0.2, 0) is 6.54 Å². The lowest BCUT2D eigenvalue weighted by atomic mass is 9.83. The number of ether oxygens (including phenoxy) is 4. The average molecular weight is 483 g/mol. The monoisotopic (exact) mass is 482 g/mol. The van der Waals surface area contributed by atoms with Gasteiger partial charge in [-0.05, 0) is 50.7 Å². The van der Waals surface area contributed by atoms with Crippen molar-refractivity contribution in [3.8, 4) is 29.1 Å². The van der Waals surface area contributed by atoms with Gasteiger partial charge in [-0.1, -0.05) is 13.8 Å². The van der Waals surface area contributed by atoms with E-state index in [1.54, 1.807) is 22.8 Å². The molecule has 1 aliphatic heterocycles. The van der Waals surface area contributed by atoms with Gasteiger partial charge >= 0.3 is 0 Å². The predicted molar refractivity (Wildman–Crippen MR) is 133 cm³/mol. The summed E-state index contributed by atoms with van der Waals surface area (Å²) in [7, 11) is 4.54. The van der Waals surface area contributed by atoms with Gasteiger partial charge in [-0.3, -0.25) is 4.79 Å². The molecule has 0 spiro atoms. The summed E-state index contributed by atoms with van der Waals surface area (Å²) in [5.74, 6) is 0.813. The number of pyridine rings is 1.